The molecule has 82 valence electrons. The number of hydrogen-bond donors (Lipinski definition) is 1. The third-order valence-electron chi connectivity index (χ3n) is 2.55. The van der Waals surface area contributed by atoms with Crippen molar-refractivity contribution in [2.45, 2.75) is 18.8 Å². The number of esters is 1. The van der Waals surface area contributed by atoms with Gasteiger partial charge in [0.1, 0.15) is 12.4 Å². The van der Waals surface area contributed by atoms with E-state index >= 15 is 0 Å². The van der Waals surface area contributed by atoms with E-state index in [0.29, 0.717) is 5.92 Å². The number of nitrogens with zero attached hydrogens (tertiary/aromatic N) is 2. The molecule has 1 aliphatic rings. The molecule has 5 nitrogen and oxygen atoms in total. The number of methoxy groups -OCH3 is 1. The molecule has 0 radical (unpaired) electrons. The molecule has 0 saturated heterocycles. The minimum absolute atomic E-state index is 0.164. The molecule has 15 heavy (non-hydrogen) atoms. The van der Waals surface area contributed by atoms with Crippen molar-refractivity contribution in [1.82, 2.24) is 9.78 Å². The van der Waals surface area contributed by atoms with Gasteiger partial charge in [-0.05, 0) is 12.8 Å². The van der Waals surface area contributed by atoms with E-state index in [9.17, 15) is 4.79 Å². The molecule has 1 N–H and O–H groups in total. The monoisotopic (exact) mass is 209 g/mol. The van der Waals surface area contributed by atoms with Gasteiger partial charge in [0.15, 0.2) is 0 Å². The summed E-state index contributed by atoms with van der Waals surface area (Å²) in [5, 5.41) is 7.21. The molecule has 0 unspecified atom stereocenters. The van der Waals surface area contributed by atoms with Gasteiger partial charge >= 0.3 is 5.97 Å². The van der Waals surface area contributed by atoms with Crippen molar-refractivity contribution < 1.29 is 9.53 Å². The van der Waals surface area contributed by atoms with Gasteiger partial charge in [0.05, 0.1) is 7.11 Å². The first-order valence-electron chi connectivity index (χ1n) is 5.05. The van der Waals surface area contributed by atoms with Gasteiger partial charge in [0, 0.05) is 24.7 Å². The van der Waals surface area contributed by atoms with Gasteiger partial charge in [-0.2, -0.15) is 5.10 Å². The molecule has 2 rings (SSSR count). The first-order chi connectivity index (χ1) is 7.20. The number of aromatic nitrogens is 2. The van der Waals surface area contributed by atoms with Crippen molar-refractivity contribution in [1.29, 1.82) is 0 Å². The Bertz CT molecular complexity index is 369. The summed E-state index contributed by atoms with van der Waals surface area (Å²) in [6.07, 6.45) is 2.49. The van der Waals surface area contributed by atoms with Gasteiger partial charge < -0.3 is 10.1 Å². The third-order valence-corrected chi connectivity index (χ3v) is 2.55. The number of carbonyl (C=O) groups is 1. The highest BCUT2D eigenvalue weighted by molar-refractivity contribution is 5.74. The van der Waals surface area contributed by atoms with Crippen LogP contribution in [-0.2, 0) is 16.6 Å². The highest BCUT2D eigenvalue weighted by Crippen LogP contribution is 2.40. The Hall–Kier alpha value is -1.52. The van der Waals surface area contributed by atoms with Crippen molar-refractivity contribution in [3.05, 3.63) is 11.8 Å². The Balaban J connectivity index is 1.96. The van der Waals surface area contributed by atoms with Gasteiger partial charge in [0.25, 0.3) is 0 Å². The maximum atomic E-state index is 10.9. The molecular formula is C10H15N3O2. The summed E-state index contributed by atoms with van der Waals surface area (Å²) < 4.78 is 6.41. The van der Waals surface area contributed by atoms with Crippen LogP contribution in [0, 0.1) is 0 Å². The normalized spacial score (nSPS) is 15.1. The Kier molecular flexibility index (Phi) is 2.62. The minimum Gasteiger partial charge on any atom is -0.468 e. The van der Waals surface area contributed by atoms with Gasteiger partial charge in [-0.15, -0.1) is 0 Å². The number of nitrogens with one attached hydrogen (secondary N) is 1. The summed E-state index contributed by atoms with van der Waals surface area (Å²) in [6, 6.07) is 2.00. The van der Waals surface area contributed by atoms with Crippen molar-refractivity contribution in [3.63, 3.8) is 0 Å². The van der Waals surface area contributed by atoms with E-state index < -0.39 is 0 Å². The molecule has 1 fully saturated rings. The number of anilines is 1. The molecular weight excluding hydrogens is 194 g/mol. The predicted octanol–water partition coefficient (Wildman–Crippen LogP) is 0.882. The second-order valence-corrected chi connectivity index (χ2v) is 3.78. The maximum Gasteiger partial charge on any atom is 0.325 e. The van der Waals surface area contributed by atoms with Crippen LogP contribution in [0.4, 0.5) is 5.82 Å². The number of rotatable bonds is 4. The zero-order chi connectivity index (χ0) is 10.8. The zero-order valence-corrected chi connectivity index (χ0v) is 8.99. The Labute approximate surface area is 88.4 Å². The first kappa shape index (κ1) is 10.0. The van der Waals surface area contributed by atoms with E-state index in [1.807, 2.05) is 17.8 Å². The van der Waals surface area contributed by atoms with E-state index in [-0.39, 0.29) is 12.5 Å². The largest absolute Gasteiger partial charge is 0.468 e. The molecule has 0 amide bonds. The van der Waals surface area contributed by atoms with E-state index in [4.69, 9.17) is 0 Å². The molecule has 1 aromatic heterocycles. The molecule has 5 heteroatoms. The molecule has 1 aliphatic carbocycles. The fourth-order valence-corrected chi connectivity index (χ4v) is 1.56. The summed E-state index contributed by atoms with van der Waals surface area (Å²) in [6.45, 7) is 0.164. The fraction of sp³-hybridized carbons (Fsp3) is 0.600. The van der Waals surface area contributed by atoms with Crippen LogP contribution >= 0.6 is 0 Å². The maximum absolute atomic E-state index is 10.9. The quantitative estimate of drug-likeness (QED) is 0.748. The van der Waals surface area contributed by atoms with Crippen LogP contribution in [0.2, 0.25) is 0 Å². The molecule has 0 bridgehead atoms. The SMILES string of the molecule is COC(=O)CNc1cc(C2CC2)n(C)n1. The summed E-state index contributed by atoms with van der Waals surface area (Å²) in [4.78, 5) is 10.9. The topological polar surface area (TPSA) is 56.1 Å². The van der Waals surface area contributed by atoms with E-state index in [0.717, 1.165) is 5.82 Å². The van der Waals surface area contributed by atoms with Crippen molar-refractivity contribution in [2.24, 2.45) is 7.05 Å². The van der Waals surface area contributed by atoms with Crippen LogP contribution in [0.3, 0.4) is 0 Å². The average molecular weight is 209 g/mol. The lowest BCUT2D eigenvalue weighted by Crippen LogP contribution is -2.15. The second kappa shape index (κ2) is 3.92. The first-order valence-corrected chi connectivity index (χ1v) is 5.05. The Morgan fingerprint density at radius 3 is 3.07 bits per heavy atom. The van der Waals surface area contributed by atoms with Crippen LogP contribution < -0.4 is 5.32 Å². The van der Waals surface area contributed by atoms with Crippen LogP contribution in [-0.4, -0.2) is 29.4 Å². The molecule has 1 saturated carbocycles. The average Bonchev–Trinajstić information content (AvgIpc) is 3.00. The fourth-order valence-electron chi connectivity index (χ4n) is 1.56. The zero-order valence-electron chi connectivity index (χ0n) is 8.99. The van der Waals surface area contributed by atoms with Gasteiger partial charge in [-0.1, -0.05) is 0 Å². The second-order valence-electron chi connectivity index (χ2n) is 3.78. The lowest BCUT2D eigenvalue weighted by molar-refractivity contribution is -0.138. The lowest BCUT2D eigenvalue weighted by Gasteiger charge is -1.99. The molecule has 0 aromatic carbocycles. The summed E-state index contributed by atoms with van der Waals surface area (Å²) in [7, 11) is 3.30. The van der Waals surface area contributed by atoms with Gasteiger partial charge in [-0.25, -0.2) is 0 Å². The summed E-state index contributed by atoms with van der Waals surface area (Å²) in [5.41, 5.74) is 1.24. The molecule has 0 spiro atoms. The molecule has 0 atom stereocenters. The Morgan fingerprint density at radius 1 is 1.73 bits per heavy atom. The molecule has 1 heterocycles. The van der Waals surface area contributed by atoms with Crippen molar-refractivity contribution in [2.75, 3.05) is 19.0 Å². The molecule has 1 aromatic rings. The van der Waals surface area contributed by atoms with E-state index in [2.05, 4.69) is 15.2 Å². The standard InChI is InChI=1S/C10H15N3O2/c1-13-8(7-3-4-7)5-9(12-13)11-6-10(14)15-2/h5,7H,3-4,6H2,1-2H3,(H,11,12). The number of hydrogen-bond acceptors (Lipinski definition) is 4. The number of aryl methyl sites for hydroxylation is 1. The number of ether oxygens (including phenoxy) is 1. The van der Waals surface area contributed by atoms with Gasteiger partial charge in [0.2, 0.25) is 0 Å². The highest BCUT2D eigenvalue weighted by Gasteiger charge is 2.27. The lowest BCUT2D eigenvalue weighted by atomic mass is 10.3. The van der Waals surface area contributed by atoms with Crippen LogP contribution in [0.15, 0.2) is 6.07 Å². The molecule has 0 aliphatic heterocycles. The van der Waals surface area contributed by atoms with Crippen molar-refractivity contribution in [3.8, 4) is 0 Å². The van der Waals surface area contributed by atoms with Crippen LogP contribution in [0.25, 0.3) is 0 Å². The third kappa shape index (κ3) is 2.29. The summed E-state index contributed by atoms with van der Waals surface area (Å²) in [5.74, 6) is 1.12. The smallest absolute Gasteiger partial charge is 0.325 e. The van der Waals surface area contributed by atoms with Crippen molar-refractivity contribution >= 4 is 11.8 Å². The van der Waals surface area contributed by atoms with Crippen LogP contribution in [0.5, 0.6) is 0 Å². The predicted molar refractivity (Wildman–Crippen MR) is 55.7 cm³/mol. The highest BCUT2D eigenvalue weighted by atomic mass is 16.5. The Morgan fingerprint density at radius 2 is 2.47 bits per heavy atom. The minimum atomic E-state index is -0.284. The van der Waals surface area contributed by atoms with E-state index in [1.54, 1.807) is 0 Å². The summed E-state index contributed by atoms with van der Waals surface area (Å²) >= 11 is 0. The number of carbonyl (C=O) groups excluding carboxylic acids is 1. The van der Waals surface area contributed by atoms with Crippen LogP contribution in [0.1, 0.15) is 24.5 Å². The van der Waals surface area contributed by atoms with Gasteiger partial charge in [-0.3, -0.25) is 9.48 Å². The van der Waals surface area contributed by atoms with E-state index in [1.165, 1.54) is 25.6 Å².